The highest BCUT2D eigenvalue weighted by Crippen LogP contribution is 2.40. The quantitative estimate of drug-likeness (QED) is 0.415. The van der Waals surface area contributed by atoms with Crippen LogP contribution in [0.3, 0.4) is 0 Å². The van der Waals surface area contributed by atoms with Crippen LogP contribution >= 0.6 is 0 Å². The van der Waals surface area contributed by atoms with Gasteiger partial charge < -0.3 is 9.47 Å². The smallest absolute Gasteiger partial charge is 0.272 e. The van der Waals surface area contributed by atoms with Crippen molar-refractivity contribution in [2.75, 3.05) is 13.6 Å². The minimum atomic E-state index is -0.0761. The third-order valence-corrected chi connectivity index (χ3v) is 6.73. The summed E-state index contributed by atoms with van der Waals surface area (Å²) in [5, 5.41) is 0.922. The van der Waals surface area contributed by atoms with E-state index in [4.69, 9.17) is 4.98 Å². The second-order valence-electron chi connectivity index (χ2n) is 9.57. The van der Waals surface area contributed by atoms with E-state index < -0.39 is 0 Å². The summed E-state index contributed by atoms with van der Waals surface area (Å²) in [4.78, 5) is 37.4. The Kier molecular flexibility index (Phi) is 5.68. The van der Waals surface area contributed by atoms with Crippen LogP contribution in [0.25, 0.3) is 21.9 Å². The summed E-state index contributed by atoms with van der Waals surface area (Å²) in [5.41, 5.74) is 6.97. The summed E-state index contributed by atoms with van der Waals surface area (Å²) < 4.78 is 1.77. The van der Waals surface area contributed by atoms with Gasteiger partial charge in [-0.1, -0.05) is 23.8 Å². The molecule has 34 heavy (non-hydrogen) atoms. The number of carbonyl (C=O) groups is 1. The van der Waals surface area contributed by atoms with E-state index in [1.54, 1.807) is 16.4 Å². The zero-order valence-corrected chi connectivity index (χ0v) is 20.3. The molecule has 6 nitrogen and oxygen atoms in total. The topological polar surface area (TPSA) is 68.1 Å². The van der Waals surface area contributed by atoms with E-state index in [-0.39, 0.29) is 11.5 Å². The Hall–Kier alpha value is -3.54. The van der Waals surface area contributed by atoms with Crippen molar-refractivity contribution < 1.29 is 4.79 Å². The predicted octanol–water partition coefficient (Wildman–Crippen LogP) is 4.91. The monoisotopic (exact) mass is 454 g/mol. The lowest BCUT2D eigenvalue weighted by atomic mass is 10.00. The number of nitrogens with zero attached hydrogens (tertiary/aromatic N) is 4. The van der Waals surface area contributed by atoms with Crippen LogP contribution < -0.4 is 5.56 Å². The van der Waals surface area contributed by atoms with Crippen molar-refractivity contribution in [1.29, 1.82) is 0 Å². The number of rotatable bonds is 6. The largest absolute Gasteiger partial charge is 0.342 e. The number of amides is 1. The van der Waals surface area contributed by atoms with Crippen LogP contribution in [0.15, 0.2) is 47.3 Å². The number of para-hydroxylation sites is 2. The molecule has 1 fully saturated rings. The molecule has 174 valence electrons. The summed E-state index contributed by atoms with van der Waals surface area (Å²) in [7, 11) is 1.84. The van der Waals surface area contributed by atoms with Gasteiger partial charge in [0.25, 0.3) is 11.5 Å². The van der Waals surface area contributed by atoms with Gasteiger partial charge in [0, 0.05) is 37.1 Å². The number of fused-ring (bicyclic) bond motifs is 2. The minimum Gasteiger partial charge on any atom is -0.342 e. The van der Waals surface area contributed by atoms with Gasteiger partial charge in [-0.3, -0.25) is 14.6 Å². The zero-order chi connectivity index (χ0) is 24.0. The molecule has 0 saturated heterocycles. The molecule has 1 aliphatic rings. The molecule has 2 aromatic carbocycles. The molecule has 1 amide bonds. The van der Waals surface area contributed by atoms with Crippen LogP contribution in [0.2, 0.25) is 0 Å². The van der Waals surface area contributed by atoms with Gasteiger partial charge in [-0.05, 0) is 69.9 Å². The molecule has 5 rings (SSSR count). The van der Waals surface area contributed by atoms with Crippen molar-refractivity contribution in [2.24, 2.45) is 0 Å². The van der Waals surface area contributed by atoms with Crippen LogP contribution in [-0.2, 0) is 6.54 Å². The van der Waals surface area contributed by atoms with Crippen molar-refractivity contribution in [3.63, 3.8) is 0 Å². The van der Waals surface area contributed by atoms with Crippen LogP contribution in [-0.4, -0.2) is 38.9 Å². The summed E-state index contributed by atoms with van der Waals surface area (Å²) in [5.74, 6) is 0.472. The molecule has 0 spiro atoms. The summed E-state index contributed by atoms with van der Waals surface area (Å²) in [6.45, 7) is 6.95. The Morgan fingerprint density at radius 2 is 1.85 bits per heavy atom. The molecule has 0 N–H and O–H groups in total. The SMILES string of the molecule is Cc1cc(C)c2nc(C3CC3)cc(C(=O)N(C)CCCn3c(=O)c(C)nc4ccccc43)c2c1. The lowest BCUT2D eigenvalue weighted by molar-refractivity contribution is 0.0793. The Morgan fingerprint density at radius 1 is 1.09 bits per heavy atom. The second kappa shape index (κ2) is 8.67. The summed E-state index contributed by atoms with van der Waals surface area (Å²) in [6.07, 6.45) is 2.95. The Balaban J connectivity index is 1.40. The molecule has 0 aliphatic heterocycles. The molecule has 0 radical (unpaired) electrons. The van der Waals surface area contributed by atoms with Gasteiger partial charge in [0.05, 0.1) is 22.1 Å². The number of benzene rings is 2. The molecular weight excluding hydrogens is 424 g/mol. The third-order valence-electron chi connectivity index (χ3n) is 6.73. The molecule has 0 unspecified atom stereocenters. The molecule has 2 aromatic heterocycles. The van der Waals surface area contributed by atoms with Gasteiger partial charge >= 0.3 is 0 Å². The van der Waals surface area contributed by atoms with Crippen molar-refractivity contribution >= 4 is 27.8 Å². The molecule has 0 atom stereocenters. The van der Waals surface area contributed by atoms with Crippen molar-refractivity contribution in [3.05, 3.63) is 80.9 Å². The number of hydrogen-bond donors (Lipinski definition) is 0. The first kappa shape index (κ1) is 22.3. The lowest BCUT2D eigenvalue weighted by Crippen LogP contribution is -2.30. The number of aromatic nitrogens is 3. The molecule has 0 bridgehead atoms. The lowest BCUT2D eigenvalue weighted by Gasteiger charge is -2.20. The number of aryl methyl sites for hydroxylation is 4. The normalized spacial score (nSPS) is 13.5. The molecule has 1 aliphatic carbocycles. The minimum absolute atomic E-state index is 0.00224. The molecular formula is C28H30N4O2. The summed E-state index contributed by atoms with van der Waals surface area (Å²) in [6, 6.07) is 13.9. The fraction of sp³-hybridized carbons (Fsp3) is 0.357. The molecule has 2 heterocycles. The Labute approximate surface area is 199 Å². The first-order valence-electron chi connectivity index (χ1n) is 12.0. The van der Waals surface area contributed by atoms with Crippen LogP contribution in [0, 0.1) is 20.8 Å². The Bertz CT molecular complexity index is 1480. The third kappa shape index (κ3) is 4.09. The zero-order valence-electron chi connectivity index (χ0n) is 20.3. The second-order valence-corrected chi connectivity index (χ2v) is 9.57. The van der Waals surface area contributed by atoms with E-state index in [1.165, 1.54) is 0 Å². The fourth-order valence-electron chi connectivity index (χ4n) is 4.78. The van der Waals surface area contributed by atoms with Gasteiger partial charge in [0.15, 0.2) is 0 Å². The number of hydrogen-bond acceptors (Lipinski definition) is 4. The highest BCUT2D eigenvalue weighted by molar-refractivity contribution is 6.07. The first-order chi connectivity index (χ1) is 16.3. The molecule has 1 saturated carbocycles. The molecule has 4 aromatic rings. The Morgan fingerprint density at radius 3 is 2.62 bits per heavy atom. The van der Waals surface area contributed by atoms with E-state index in [0.717, 1.165) is 57.2 Å². The fourth-order valence-corrected chi connectivity index (χ4v) is 4.78. The standard InChI is InChI=1S/C28H30N4O2/c1-17-14-18(2)26-21(15-17)22(16-24(30-26)20-10-11-20)28(34)31(4)12-7-13-32-25-9-6-5-8-23(25)29-19(3)27(32)33/h5-6,8-9,14-16,20H,7,10-13H2,1-4H3. The van der Waals surface area contributed by atoms with E-state index in [2.05, 4.69) is 31.0 Å². The summed E-state index contributed by atoms with van der Waals surface area (Å²) >= 11 is 0. The van der Waals surface area contributed by atoms with Gasteiger partial charge in [0.1, 0.15) is 5.69 Å². The average Bonchev–Trinajstić information content (AvgIpc) is 3.66. The maximum atomic E-state index is 13.6. The van der Waals surface area contributed by atoms with Gasteiger partial charge in [-0.2, -0.15) is 0 Å². The number of pyridine rings is 1. The molecule has 6 heteroatoms. The van der Waals surface area contributed by atoms with Crippen LogP contribution in [0.1, 0.15) is 58.1 Å². The first-order valence-corrected chi connectivity index (χ1v) is 12.0. The predicted molar refractivity (Wildman–Crippen MR) is 136 cm³/mol. The van der Waals surface area contributed by atoms with Crippen LogP contribution in [0.4, 0.5) is 0 Å². The van der Waals surface area contributed by atoms with Crippen LogP contribution in [0.5, 0.6) is 0 Å². The van der Waals surface area contributed by atoms with E-state index >= 15 is 0 Å². The number of carbonyl (C=O) groups excluding carboxylic acids is 1. The van der Waals surface area contributed by atoms with E-state index in [9.17, 15) is 9.59 Å². The van der Waals surface area contributed by atoms with Crippen molar-refractivity contribution in [2.45, 2.75) is 52.5 Å². The van der Waals surface area contributed by atoms with Crippen molar-refractivity contribution in [1.82, 2.24) is 19.4 Å². The maximum absolute atomic E-state index is 13.6. The van der Waals surface area contributed by atoms with E-state index in [1.807, 2.05) is 37.4 Å². The van der Waals surface area contributed by atoms with Gasteiger partial charge in [0.2, 0.25) is 0 Å². The highest BCUT2D eigenvalue weighted by Gasteiger charge is 2.28. The average molecular weight is 455 g/mol. The van der Waals surface area contributed by atoms with Gasteiger partial charge in [-0.15, -0.1) is 0 Å². The maximum Gasteiger partial charge on any atom is 0.272 e. The van der Waals surface area contributed by atoms with Crippen molar-refractivity contribution in [3.8, 4) is 0 Å². The highest BCUT2D eigenvalue weighted by atomic mass is 16.2. The van der Waals surface area contributed by atoms with E-state index in [0.29, 0.717) is 31.1 Å². The van der Waals surface area contributed by atoms with Gasteiger partial charge in [-0.25, -0.2) is 4.98 Å².